The molecule has 6 atom stereocenters. The molecule has 0 bridgehead atoms. The second-order valence-corrected chi connectivity index (χ2v) is 9.77. The Kier molecular flexibility index (Phi) is 9.77. The van der Waals surface area contributed by atoms with Gasteiger partial charge in [-0.1, -0.05) is 80.9 Å². The average molecular weight is 512 g/mol. The molecule has 2 aromatic carbocycles. The van der Waals surface area contributed by atoms with E-state index < -0.39 is 41.5 Å². The lowest BCUT2D eigenvalue weighted by Crippen LogP contribution is -2.60. The summed E-state index contributed by atoms with van der Waals surface area (Å²) in [5.41, 5.74) is 0.341. The number of nitro groups is 1. The Morgan fingerprint density at radius 2 is 1.76 bits per heavy atom. The quantitative estimate of drug-likeness (QED) is 0.253. The van der Waals surface area contributed by atoms with E-state index in [2.05, 4.69) is 15.4 Å². The zero-order chi connectivity index (χ0) is 27.0. The molecule has 1 aliphatic heterocycles. The first-order chi connectivity index (χ1) is 17.7. The molecule has 3 unspecified atom stereocenters. The van der Waals surface area contributed by atoms with Crippen LogP contribution in [-0.4, -0.2) is 48.1 Å². The van der Waals surface area contributed by atoms with Gasteiger partial charge in [0.05, 0.1) is 32.2 Å². The van der Waals surface area contributed by atoms with Crippen LogP contribution in [0.5, 0.6) is 0 Å². The number of hydrogen-bond acceptors (Lipinski definition) is 7. The standard InChI is InChI=1S/C28H37N3O6/c1-5-19(2)26(37-18-20-12-8-6-9-13-20)23-25(31(34)35)24(21-14-10-7-11-15-21)30-28(23,3)27(33)29-17-16-22(32)36-4/h6-15,19,23-26,30H,5,16-18H2,1-4H3,(H,29,33)/t19-,23?,24-,25?,26?,28-/m0/s1. The number of carbonyl (C=O) groups excluding carboxylic acids is 2. The van der Waals surface area contributed by atoms with Gasteiger partial charge in [0.25, 0.3) is 0 Å². The molecule has 9 heteroatoms. The molecule has 0 aliphatic carbocycles. The molecule has 0 spiro atoms. The Bertz CT molecular complexity index is 1050. The third kappa shape index (κ3) is 6.53. The molecule has 1 aliphatic rings. The van der Waals surface area contributed by atoms with Gasteiger partial charge in [-0.15, -0.1) is 0 Å². The number of nitrogens with one attached hydrogen (secondary N) is 2. The Labute approximate surface area is 218 Å². The molecular formula is C28H37N3O6. The van der Waals surface area contributed by atoms with Gasteiger partial charge in [0.1, 0.15) is 11.6 Å². The van der Waals surface area contributed by atoms with Crippen LogP contribution < -0.4 is 10.6 Å². The molecular weight excluding hydrogens is 474 g/mol. The zero-order valence-corrected chi connectivity index (χ0v) is 21.9. The average Bonchev–Trinajstić information content (AvgIpc) is 3.24. The lowest BCUT2D eigenvalue weighted by Gasteiger charge is -2.37. The van der Waals surface area contributed by atoms with Gasteiger partial charge in [-0.2, -0.15) is 0 Å². The third-order valence-electron chi connectivity index (χ3n) is 7.39. The minimum Gasteiger partial charge on any atom is -0.469 e. The van der Waals surface area contributed by atoms with Crippen molar-refractivity contribution in [3.05, 3.63) is 81.9 Å². The van der Waals surface area contributed by atoms with Crippen molar-refractivity contribution < 1.29 is 24.0 Å². The maximum absolute atomic E-state index is 13.7. The molecule has 37 heavy (non-hydrogen) atoms. The summed E-state index contributed by atoms with van der Waals surface area (Å²) < 4.78 is 11.1. The van der Waals surface area contributed by atoms with Crippen molar-refractivity contribution in [1.29, 1.82) is 0 Å². The number of hydrogen-bond donors (Lipinski definition) is 2. The van der Waals surface area contributed by atoms with Gasteiger partial charge in [-0.25, -0.2) is 0 Å². The summed E-state index contributed by atoms with van der Waals surface area (Å²) in [4.78, 5) is 37.6. The maximum Gasteiger partial charge on any atom is 0.307 e. The van der Waals surface area contributed by atoms with Crippen molar-refractivity contribution in [3.8, 4) is 0 Å². The second-order valence-electron chi connectivity index (χ2n) is 9.77. The number of nitrogens with zero attached hydrogens (tertiary/aromatic N) is 1. The zero-order valence-electron chi connectivity index (χ0n) is 21.9. The van der Waals surface area contributed by atoms with Crippen molar-refractivity contribution in [2.75, 3.05) is 13.7 Å². The first-order valence-electron chi connectivity index (χ1n) is 12.7. The van der Waals surface area contributed by atoms with Crippen LogP contribution in [0.2, 0.25) is 0 Å². The summed E-state index contributed by atoms with van der Waals surface area (Å²) in [7, 11) is 1.28. The van der Waals surface area contributed by atoms with Gasteiger partial charge < -0.3 is 14.8 Å². The minimum absolute atomic E-state index is 0.00304. The van der Waals surface area contributed by atoms with Crippen LogP contribution in [0.15, 0.2) is 60.7 Å². The Morgan fingerprint density at radius 3 is 2.32 bits per heavy atom. The van der Waals surface area contributed by atoms with E-state index in [1.54, 1.807) is 6.92 Å². The molecule has 1 heterocycles. The first kappa shape index (κ1) is 28.3. The molecule has 1 fully saturated rings. The fourth-order valence-electron chi connectivity index (χ4n) is 5.17. The number of methoxy groups -OCH3 is 1. The van der Waals surface area contributed by atoms with E-state index in [9.17, 15) is 19.7 Å². The summed E-state index contributed by atoms with van der Waals surface area (Å²) >= 11 is 0. The maximum atomic E-state index is 13.7. The molecule has 1 amide bonds. The Morgan fingerprint density at radius 1 is 1.14 bits per heavy atom. The van der Waals surface area contributed by atoms with Crippen LogP contribution in [-0.2, 0) is 25.7 Å². The number of amides is 1. The lowest BCUT2D eigenvalue weighted by molar-refractivity contribution is -0.536. The van der Waals surface area contributed by atoms with E-state index in [-0.39, 0.29) is 30.4 Å². The molecule has 0 radical (unpaired) electrons. The van der Waals surface area contributed by atoms with Crippen LogP contribution in [0, 0.1) is 22.0 Å². The first-order valence-corrected chi connectivity index (χ1v) is 12.7. The largest absolute Gasteiger partial charge is 0.469 e. The van der Waals surface area contributed by atoms with Gasteiger partial charge in [0.15, 0.2) is 0 Å². The molecule has 9 nitrogen and oxygen atoms in total. The Balaban J connectivity index is 2.02. The van der Waals surface area contributed by atoms with E-state index in [1.807, 2.05) is 74.5 Å². The van der Waals surface area contributed by atoms with E-state index in [4.69, 9.17) is 4.74 Å². The topological polar surface area (TPSA) is 120 Å². The molecule has 2 aromatic rings. The second kappa shape index (κ2) is 12.8. The summed E-state index contributed by atoms with van der Waals surface area (Å²) in [5, 5.41) is 18.8. The van der Waals surface area contributed by atoms with E-state index in [0.717, 1.165) is 17.5 Å². The summed E-state index contributed by atoms with van der Waals surface area (Å²) in [6.45, 7) is 6.04. The van der Waals surface area contributed by atoms with Crippen molar-refractivity contribution >= 4 is 11.9 Å². The molecule has 0 saturated carbocycles. The van der Waals surface area contributed by atoms with Gasteiger partial charge in [-0.3, -0.25) is 25.0 Å². The van der Waals surface area contributed by atoms with Gasteiger partial charge in [0.2, 0.25) is 11.9 Å². The number of rotatable bonds is 12. The highest BCUT2D eigenvalue weighted by Crippen LogP contribution is 2.45. The number of esters is 1. The van der Waals surface area contributed by atoms with Gasteiger partial charge in [-0.05, 0) is 24.0 Å². The van der Waals surface area contributed by atoms with Crippen molar-refractivity contribution in [3.63, 3.8) is 0 Å². The number of ether oxygens (including phenoxy) is 2. The minimum atomic E-state index is -1.33. The van der Waals surface area contributed by atoms with Crippen LogP contribution in [0.1, 0.15) is 50.8 Å². The van der Waals surface area contributed by atoms with E-state index >= 15 is 0 Å². The van der Waals surface area contributed by atoms with E-state index in [1.165, 1.54) is 7.11 Å². The Hall–Kier alpha value is -3.30. The smallest absolute Gasteiger partial charge is 0.307 e. The fourth-order valence-corrected chi connectivity index (χ4v) is 5.17. The monoisotopic (exact) mass is 511 g/mol. The normalized spacial score (nSPS) is 24.7. The van der Waals surface area contributed by atoms with Gasteiger partial charge >= 0.3 is 5.97 Å². The van der Waals surface area contributed by atoms with Gasteiger partial charge in [0, 0.05) is 11.5 Å². The summed E-state index contributed by atoms with van der Waals surface area (Å²) in [5.74, 6) is -1.71. The van der Waals surface area contributed by atoms with E-state index in [0.29, 0.717) is 0 Å². The highest BCUT2D eigenvalue weighted by Gasteiger charge is 2.64. The van der Waals surface area contributed by atoms with Crippen LogP contribution in [0.25, 0.3) is 0 Å². The summed E-state index contributed by atoms with van der Waals surface area (Å²) in [6, 6.07) is 17.0. The SMILES string of the molecule is CC[C@H](C)C(OCc1ccccc1)C1C([N+](=O)[O-])[C@H](c2ccccc2)N[C@]1(C)C(=O)NCCC(=O)OC. The van der Waals surface area contributed by atoms with Crippen LogP contribution in [0.4, 0.5) is 0 Å². The predicted octanol–water partition coefficient (Wildman–Crippen LogP) is 3.66. The molecule has 200 valence electrons. The summed E-state index contributed by atoms with van der Waals surface area (Å²) in [6.07, 6.45) is 0.137. The predicted molar refractivity (Wildman–Crippen MR) is 139 cm³/mol. The highest BCUT2D eigenvalue weighted by molar-refractivity contribution is 5.87. The lowest BCUT2D eigenvalue weighted by atomic mass is 9.74. The molecule has 3 rings (SSSR count). The third-order valence-corrected chi connectivity index (χ3v) is 7.39. The number of carbonyl (C=O) groups is 2. The van der Waals surface area contributed by atoms with Crippen LogP contribution >= 0.6 is 0 Å². The number of benzene rings is 2. The van der Waals surface area contributed by atoms with Crippen molar-refractivity contribution in [2.45, 2.75) is 63.9 Å². The molecule has 2 N–H and O–H groups in total. The fraction of sp³-hybridized carbons (Fsp3) is 0.500. The van der Waals surface area contributed by atoms with Crippen molar-refractivity contribution in [1.82, 2.24) is 10.6 Å². The van der Waals surface area contributed by atoms with Crippen LogP contribution in [0.3, 0.4) is 0 Å². The highest BCUT2D eigenvalue weighted by atomic mass is 16.6. The van der Waals surface area contributed by atoms with Crippen molar-refractivity contribution in [2.24, 2.45) is 11.8 Å². The molecule has 0 aromatic heterocycles. The molecule has 1 saturated heterocycles.